The summed E-state index contributed by atoms with van der Waals surface area (Å²) in [7, 11) is 0.0619. The Morgan fingerprint density at radius 2 is 1.57 bits per heavy atom. The van der Waals surface area contributed by atoms with Crippen LogP contribution in [0.1, 0.15) is 50.9 Å². The van der Waals surface area contributed by atoms with Crippen molar-refractivity contribution in [3.63, 3.8) is 0 Å². The van der Waals surface area contributed by atoms with Crippen LogP contribution in [-0.4, -0.2) is 59.2 Å². The zero-order valence-corrected chi connectivity index (χ0v) is 29.5. The van der Waals surface area contributed by atoms with Gasteiger partial charge in [0.2, 0.25) is 15.9 Å². The van der Waals surface area contributed by atoms with Crippen molar-refractivity contribution in [1.29, 1.82) is 0 Å². The first-order valence-corrected chi connectivity index (χ1v) is 17.8. The number of carbonyl (C=O) groups is 2. The number of rotatable bonds is 13. The van der Waals surface area contributed by atoms with Gasteiger partial charge >= 0.3 is 5.97 Å². The molecule has 2 heterocycles. The van der Waals surface area contributed by atoms with E-state index in [0.29, 0.717) is 57.8 Å². The molecule has 0 saturated carbocycles. The van der Waals surface area contributed by atoms with E-state index >= 15 is 0 Å². The molecule has 1 amide bonds. The number of aromatic nitrogens is 1. The summed E-state index contributed by atoms with van der Waals surface area (Å²) in [6, 6.07) is 20.3. The molecule has 1 aliphatic rings. The summed E-state index contributed by atoms with van der Waals surface area (Å²) in [5.41, 5.74) is 4.69. The number of unbranched alkanes of at least 4 members (excludes halogenated alkanes) is 1. The average molecular weight is 686 g/mol. The number of allylic oxidation sites excluding steroid dienone is 2. The minimum atomic E-state index is -3.78. The molecule has 0 radical (unpaired) electrons. The van der Waals surface area contributed by atoms with E-state index in [1.165, 1.54) is 0 Å². The molecule has 258 valence electrons. The van der Waals surface area contributed by atoms with Gasteiger partial charge in [-0.25, -0.2) is 17.9 Å². The SMILES string of the molecule is CCOC(=O)C1=C(C)NC(C)=C(C(=O)NCCCCNS(=O)(=O)c2cccc3c(N(C)C)cccc23)C1c1c(-c2ccccc2)noc1C. The summed E-state index contributed by atoms with van der Waals surface area (Å²) >= 11 is 0. The van der Waals surface area contributed by atoms with Crippen molar-refractivity contribution in [1.82, 2.24) is 20.5 Å². The predicted octanol–water partition coefficient (Wildman–Crippen LogP) is 5.54. The smallest absolute Gasteiger partial charge is 0.336 e. The van der Waals surface area contributed by atoms with Crippen LogP contribution in [0.4, 0.5) is 5.69 Å². The van der Waals surface area contributed by atoms with Gasteiger partial charge in [0.25, 0.3) is 0 Å². The molecule has 0 fully saturated rings. The van der Waals surface area contributed by atoms with Crippen molar-refractivity contribution in [2.45, 2.75) is 51.3 Å². The van der Waals surface area contributed by atoms with Crippen molar-refractivity contribution < 1.29 is 27.3 Å². The molecule has 11 nitrogen and oxygen atoms in total. The van der Waals surface area contributed by atoms with Gasteiger partial charge in [-0.15, -0.1) is 0 Å². The van der Waals surface area contributed by atoms with Gasteiger partial charge in [-0.1, -0.05) is 59.8 Å². The molecule has 3 N–H and O–H groups in total. The van der Waals surface area contributed by atoms with E-state index in [2.05, 4.69) is 20.5 Å². The lowest BCUT2D eigenvalue weighted by Gasteiger charge is -2.31. The number of ether oxygens (including phenoxy) is 1. The third-order valence-corrected chi connectivity index (χ3v) is 10.1. The van der Waals surface area contributed by atoms with Crippen LogP contribution in [0.3, 0.4) is 0 Å². The van der Waals surface area contributed by atoms with Crippen LogP contribution in [0, 0.1) is 6.92 Å². The van der Waals surface area contributed by atoms with Gasteiger partial charge in [0.1, 0.15) is 11.5 Å². The molecule has 1 atom stereocenters. The number of hydrogen-bond donors (Lipinski definition) is 3. The van der Waals surface area contributed by atoms with E-state index in [9.17, 15) is 18.0 Å². The molecule has 49 heavy (non-hydrogen) atoms. The zero-order chi connectivity index (χ0) is 35.3. The van der Waals surface area contributed by atoms with Crippen molar-refractivity contribution in [3.8, 4) is 11.3 Å². The van der Waals surface area contributed by atoms with Crippen LogP contribution in [0.5, 0.6) is 0 Å². The molecular weight excluding hydrogens is 643 g/mol. The van der Waals surface area contributed by atoms with E-state index in [1.54, 1.807) is 39.8 Å². The number of hydrogen-bond acceptors (Lipinski definition) is 9. The highest BCUT2D eigenvalue weighted by atomic mass is 32.2. The summed E-state index contributed by atoms with van der Waals surface area (Å²) in [6.45, 7) is 7.73. The van der Waals surface area contributed by atoms with Gasteiger partial charge < -0.3 is 24.8 Å². The molecule has 4 aromatic rings. The van der Waals surface area contributed by atoms with Gasteiger partial charge in [0.05, 0.1) is 23.0 Å². The number of anilines is 1. The van der Waals surface area contributed by atoms with Crippen LogP contribution < -0.4 is 20.3 Å². The maximum absolute atomic E-state index is 13.9. The third kappa shape index (κ3) is 7.40. The summed E-state index contributed by atoms with van der Waals surface area (Å²) in [6.07, 6.45) is 1.00. The second-order valence-corrected chi connectivity index (χ2v) is 13.8. The van der Waals surface area contributed by atoms with Gasteiger partial charge in [-0.05, 0) is 52.7 Å². The third-order valence-electron chi connectivity index (χ3n) is 8.56. The van der Waals surface area contributed by atoms with E-state index < -0.39 is 21.9 Å². The quantitative estimate of drug-likeness (QED) is 0.122. The van der Waals surface area contributed by atoms with E-state index in [1.807, 2.05) is 73.6 Å². The Morgan fingerprint density at radius 3 is 2.29 bits per heavy atom. The maximum atomic E-state index is 13.9. The van der Waals surface area contributed by atoms with Crippen molar-refractivity contribution in [3.05, 3.63) is 101 Å². The van der Waals surface area contributed by atoms with E-state index in [0.717, 1.165) is 16.6 Å². The predicted molar refractivity (Wildman–Crippen MR) is 190 cm³/mol. The Bertz CT molecular complexity index is 2030. The second-order valence-electron chi connectivity index (χ2n) is 12.1. The van der Waals surface area contributed by atoms with Crippen molar-refractivity contribution in [2.75, 3.05) is 38.7 Å². The number of sulfonamides is 1. The van der Waals surface area contributed by atoms with Gasteiger partial charge in [0.15, 0.2) is 0 Å². The number of fused-ring (bicyclic) bond motifs is 1. The van der Waals surface area contributed by atoms with Crippen LogP contribution >= 0.6 is 0 Å². The van der Waals surface area contributed by atoms with Crippen molar-refractivity contribution >= 4 is 38.4 Å². The topological polar surface area (TPSA) is 143 Å². The highest BCUT2D eigenvalue weighted by Gasteiger charge is 2.40. The Morgan fingerprint density at radius 1 is 0.898 bits per heavy atom. The highest BCUT2D eigenvalue weighted by Crippen LogP contribution is 2.44. The van der Waals surface area contributed by atoms with Crippen molar-refractivity contribution in [2.24, 2.45) is 0 Å². The summed E-state index contributed by atoms with van der Waals surface area (Å²) in [4.78, 5) is 29.5. The van der Waals surface area contributed by atoms with E-state index in [4.69, 9.17) is 9.26 Å². The Balaban J connectivity index is 1.30. The fourth-order valence-electron chi connectivity index (χ4n) is 6.31. The van der Waals surface area contributed by atoms with Gasteiger partial charge in [-0.3, -0.25) is 4.79 Å². The number of nitrogens with zero attached hydrogens (tertiary/aromatic N) is 2. The fourth-order valence-corrected chi connectivity index (χ4v) is 7.60. The molecule has 1 aliphatic heterocycles. The lowest BCUT2D eigenvalue weighted by atomic mass is 9.78. The summed E-state index contributed by atoms with van der Waals surface area (Å²) in [5, 5.41) is 12.0. The number of dihydropyridines is 1. The monoisotopic (exact) mass is 685 g/mol. The first-order valence-electron chi connectivity index (χ1n) is 16.3. The number of carbonyl (C=O) groups excluding carboxylic acids is 2. The number of aryl methyl sites for hydroxylation is 1. The maximum Gasteiger partial charge on any atom is 0.336 e. The minimum Gasteiger partial charge on any atom is -0.463 e. The molecular formula is C37H43N5O6S. The summed E-state index contributed by atoms with van der Waals surface area (Å²) < 4.78 is 40.5. The number of benzene rings is 3. The lowest BCUT2D eigenvalue weighted by Crippen LogP contribution is -2.37. The van der Waals surface area contributed by atoms with Gasteiger partial charge in [-0.2, -0.15) is 0 Å². The van der Waals surface area contributed by atoms with Crippen LogP contribution in [0.25, 0.3) is 22.0 Å². The Hall–Kier alpha value is -4.94. The molecule has 12 heteroatoms. The highest BCUT2D eigenvalue weighted by molar-refractivity contribution is 7.89. The van der Waals surface area contributed by atoms with Crippen LogP contribution in [-0.2, 0) is 24.3 Å². The lowest BCUT2D eigenvalue weighted by molar-refractivity contribution is -0.138. The Labute approximate surface area is 287 Å². The zero-order valence-electron chi connectivity index (χ0n) is 28.7. The Kier molecular flexibility index (Phi) is 10.9. The molecule has 3 aromatic carbocycles. The normalized spacial score (nSPS) is 14.9. The molecule has 1 aromatic heterocycles. The van der Waals surface area contributed by atoms with Gasteiger partial charge in [0, 0.05) is 71.7 Å². The van der Waals surface area contributed by atoms with Crippen LogP contribution in [0.15, 0.2) is 98.7 Å². The molecule has 0 spiro atoms. The number of nitrogens with one attached hydrogen (secondary N) is 3. The van der Waals surface area contributed by atoms with E-state index in [-0.39, 0.29) is 30.5 Å². The number of amides is 1. The molecule has 0 aliphatic carbocycles. The minimum absolute atomic E-state index is 0.169. The largest absolute Gasteiger partial charge is 0.463 e. The first-order chi connectivity index (χ1) is 23.5. The average Bonchev–Trinajstić information content (AvgIpc) is 3.46. The summed E-state index contributed by atoms with van der Waals surface area (Å²) in [5.74, 6) is -1.22. The standard InChI is InChI=1S/C37H43N5O6S/c1-7-47-37(44)32-24(3)40-23(2)31(34(32)33-25(4)48-41-35(33)26-15-9-8-10-16-26)36(43)38-21-11-12-22-39-49(45,46)30-20-14-17-27-28(30)18-13-19-29(27)42(5)6/h8-10,13-20,34,39-40H,7,11-12,21-22H2,1-6H3,(H,38,43). The number of esters is 1. The molecule has 1 unspecified atom stereocenters. The first kappa shape index (κ1) is 35.4. The second kappa shape index (κ2) is 15.1. The molecule has 0 bridgehead atoms. The fraction of sp³-hybridized carbons (Fsp3) is 0.324. The molecule has 0 saturated heterocycles. The molecule has 5 rings (SSSR count). The van der Waals surface area contributed by atoms with Crippen LogP contribution in [0.2, 0.25) is 0 Å².